The van der Waals surface area contributed by atoms with Crippen LogP contribution in [0, 0.1) is 0 Å². The van der Waals surface area contributed by atoms with Gasteiger partial charge >= 0.3 is 0 Å². The van der Waals surface area contributed by atoms with Crippen molar-refractivity contribution in [2.24, 2.45) is 0 Å². The fourth-order valence-corrected chi connectivity index (χ4v) is 5.85. The van der Waals surface area contributed by atoms with Gasteiger partial charge < -0.3 is 4.42 Å². The van der Waals surface area contributed by atoms with Gasteiger partial charge in [0.2, 0.25) is 0 Å². The lowest BCUT2D eigenvalue weighted by Gasteiger charge is -2.18. The lowest BCUT2D eigenvalue weighted by Crippen LogP contribution is -1.91. The van der Waals surface area contributed by atoms with Gasteiger partial charge in [-0.05, 0) is 73.1 Å². The molecule has 0 spiro atoms. The average molecular weight is 620 g/mol. The van der Waals surface area contributed by atoms with E-state index in [0.29, 0.717) is 11.1 Å². The number of rotatable bonds is 5. The number of furan rings is 1. The van der Waals surface area contributed by atoms with Crippen molar-refractivity contribution < 1.29 is 33.2 Å². The standard InChI is InChI=1S/C46H30O/c1-4-15-31(16-5-1)34-21-14-22-36(29-34)46-45(41-30-35(27-28-42(41)47-46)32-17-6-2-7-18-32)44-39-25-12-10-23-37(39)43(33-19-8-3-9-20-33)38-24-11-13-26-40(38)44/h1-30H/i1D,3D,4D,5D,8D,9D,10D,11D,12D,13D,14D,15D,16D,19D,20D,22D,23D,24D,25D,26D,29D. The minimum Gasteiger partial charge on any atom is -0.455 e. The topological polar surface area (TPSA) is 13.1 Å². The number of hydrogen-bond acceptors (Lipinski definition) is 1. The molecule has 0 saturated carbocycles. The van der Waals surface area contributed by atoms with Gasteiger partial charge in [-0.15, -0.1) is 0 Å². The summed E-state index contributed by atoms with van der Waals surface area (Å²) in [6.07, 6.45) is 0. The van der Waals surface area contributed by atoms with E-state index in [4.69, 9.17) is 25.0 Å². The van der Waals surface area contributed by atoms with Crippen LogP contribution in [0.25, 0.3) is 88.3 Å². The zero-order valence-corrected chi connectivity index (χ0v) is 24.1. The van der Waals surface area contributed by atoms with Crippen LogP contribution in [-0.2, 0) is 0 Å². The van der Waals surface area contributed by atoms with E-state index in [1.165, 1.54) is 6.07 Å². The second-order valence-electron chi connectivity index (χ2n) is 10.5. The maximum absolute atomic E-state index is 9.68. The van der Waals surface area contributed by atoms with Crippen molar-refractivity contribution in [2.45, 2.75) is 0 Å². The van der Waals surface area contributed by atoms with Crippen molar-refractivity contribution in [1.29, 1.82) is 0 Å². The van der Waals surface area contributed by atoms with Crippen LogP contribution in [0.1, 0.15) is 28.8 Å². The van der Waals surface area contributed by atoms with Crippen LogP contribution in [0.4, 0.5) is 0 Å². The van der Waals surface area contributed by atoms with E-state index in [1.807, 2.05) is 0 Å². The minimum atomic E-state index is -0.849. The molecule has 9 aromatic rings. The zero-order valence-electron chi connectivity index (χ0n) is 45.1. The van der Waals surface area contributed by atoms with E-state index in [-0.39, 0.29) is 27.7 Å². The van der Waals surface area contributed by atoms with Gasteiger partial charge in [-0.2, -0.15) is 0 Å². The molecule has 9 rings (SSSR count). The number of hydrogen-bond donors (Lipinski definition) is 0. The van der Waals surface area contributed by atoms with Gasteiger partial charge in [0.15, 0.2) is 0 Å². The first-order chi connectivity index (χ1) is 32.0. The zero-order chi connectivity index (χ0) is 49.4. The molecule has 1 nitrogen and oxygen atoms in total. The van der Waals surface area contributed by atoms with E-state index in [9.17, 15) is 8.22 Å². The van der Waals surface area contributed by atoms with Crippen molar-refractivity contribution in [1.82, 2.24) is 0 Å². The van der Waals surface area contributed by atoms with Crippen LogP contribution in [0.5, 0.6) is 0 Å². The molecule has 0 saturated heterocycles. The van der Waals surface area contributed by atoms with E-state index in [0.717, 1.165) is 6.07 Å². The Labute approximate surface area is 303 Å². The molecule has 0 fully saturated rings. The monoisotopic (exact) mass is 619 g/mol. The first kappa shape index (κ1) is 13.3. The molecule has 47 heavy (non-hydrogen) atoms. The summed E-state index contributed by atoms with van der Waals surface area (Å²) >= 11 is 0. The molecule has 0 radical (unpaired) electrons. The summed E-state index contributed by atoms with van der Waals surface area (Å²) in [6, 6.07) is -1.77. The van der Waals surface area contributed by atoms with Gasteiger partial charge in [-0.25, -0.2) is 0 Å². The Bertz CT molecular complexity index is 3610. The molecule has 0 atom stereocenters. The van der Waals surface area contributed by atoms with Crippen LogP contribution in [0.3, 0.4) is 0 Å². The van der Waals surface area contributed by atoms with Gasteiger partial charge in [-0.1, -0.05) is 163 Å². The molecule has 1 aromatic heterocycles. The smallest absolute Gasteiger partial charge is 0.143 e. The van der Waals surface area contributed by atoms with Crippen molar-refractivity contribution in [3.8, 4) is 55.8 Å². The maximum Gasteiger partial charge on any atom is 0.143 e. The highest BCUT2D eigenvalue weighted by Crippen LogP contribution is 2.50. The summed E-state index contributed by atoms with van der Waals surface area (Å²) in [6.45, 7) is 0. The fraction of sp³-hybridized carbons (Fsp3) is 0. The Morgan fingerprint density at radius 1 is 0.362 bits per heavy atom. The normalized spacial score (nSPS) is 17.7. The Morgan fingerprint density at radius 2 is 0.936 bits per heavy atom. The summed E-state index contributed by atoms with van der Waals surface area (Å²) in [7, 11) is 0. The molecular weight excluding hydrogens is 569 g/mol. The summed E-state index contributed by atoms with van der Waals surface area (Å²) in [5.74, 6) is -0.457. The average Bonchev–Trinajstić information content (AvgIpc) is 3.70. The summed E-state index contributed by atoms with van der Waals surface area (Å²) < 4.78 is 194. The summed E-state index contributed by atoms with van der Waals surface area (Å²) in [5.41, 5.74) is -1.95. The molecule has 1 heteroatoms. The van der Waals surface area contributed by atoms with E-state index < -0.39 is 176 Å². The SMILES string of the molecule is [2H]c1cc(-c2c([2H])c([2H])c([2H])c([2H])c2[2H])c([2H])c(-c2oc3ccc(-c4ccccc4)cc3c2-c2c3c([2H])c([2H])c([2H])c([2H])c3c(-c3c([2H])c([2H])c([2H])c([2H])c3[2H])c3c([2H])c([2H])c([2H])c([2H])c23)c1[2H]. The molecule has 0 aliphatic carbocycles. The Balaban J connectivity index is 1.61. The van der Waals surface area contributed by atoms with Gasteiger partial charge in [-0.3, -0.25) is 0 Å². The van der Waals surface area contributed by atoms with Gasteiger partial charge in [0, 0.05) is 22.1 Å². The second-order valence-corrected chi connectivity index (χ2v) is 10.5. The van der Waals surface area contributed by atoms with Gasteiger partial charge in [0.1, 0.15) is 11.3 Å². The molecule has 0 bridgehead atoms. The maximum atomic E-state index is 9.68. The highest BCUT2D eigenvalue weighted by Gasteiger charge is 2.24. The number of benzene rings is 8. The van der Waals surface area contributed by atoms with Crippen molar-refractivity contribution >= 4 is 32.5 Å². The Hall–Kier alpha value is -6.18. The first-order valence-electron chi connectivity index (χ1n) is 24.9. The third-order valence-corrected chi connectivity index (χ3v) is 7.84. The molecule has 220 valence electrons. The third-order valence-electron chi connectivity index (χ3n) is 7.84. The highest BCUT2D eigenvalue weighted by atomic mass is 16.3. The lowest BCUT2D eigenvalue weighted by molar-refractivity contribution is 0.632. The quantitative estimate of drug-likeness (QED) is 0.175. The second kappa shape index (κ2) is 11.3. The van der Waals surface area contributed by atoms with Crippen LogP contribution < -0.4 is 0 Å². The van der Waals surface area contributed by atoms with E-state index in [1.54, 1.807) is 42.5 Å². The Kier molecular flexibility index (Phi) is 3.20. The van der Waals surface area contributed by atoms with Gasteiger partial charge in [0.25, 0.3) is 0 Å². The molecule has 1 heterocycles. The largest absolute Gasteiger partial charge is 0.455 e. The predicted octanol–water partition coefficient (Wildman–Crippen LogP) is 13.1. The minimum absolute atomic E-state index is 0.00546. The van der Waals surface area contributed by atoms with E-state index >= 15 is 0 Å². The molecule has 0 aliphatic heterocycles. The highest BCUT2D eigenvalue weighted by molar-refractivity contribution is 6.25. The lowest BCUT2D eigenvalue weighted by atomic mass is 9.84. The summed E-state index contributed by atoms with van der Waals surface area (Å²) in [4.78, 5) is 0. The van der Waals surface area contributed by atoms with Crippen molar-refractivity contribution in [3.05, 3.63) is 181 Å². The third kappa shape index (κ3) is 4.64. The molecule has 0 unspecified atom stereocenters. The Morgan fingerprint density at radius 3 is 1.60 bits per heavy atom. The van der Waals surface area contributed by atoms with Crippen LogP contribution in [-0.4, -0.2) is 0 Å². The van der Waals surface area contributed by atoms with Crippen LogP contribution in [0.2, 0.25) is 0 Å². The first-order valence-corrected chi connectivity index (χ1v) is 14.4. The fourth-order valence-electron chi connectivity index (χ4n) is 5.85. The van der Waals surface area contributed by atoms with Crippen LogP contribution in [0.15, 0.2) is 186 Å². The van der Waals surface area contributed by atoms with Crippen molar-refractivity contribution in [3.63, 3.8) is 0 Å². The molecular formula is C46H30O. The van der Waals surface area contributed by atoms with E-state index in [2.05, 4.69) is 0 Å². The van der Waals surface area contributed by atoms with Crippen LogP contribution >= 0.6 is 0 Å². The van der Waals surface area contributed by atoms with Gasteiger partial charge in [0.05, 0.1) is 28.8 Å². The molecule has 0 aliphatic rings. The molecule has 0 amide bonds. The molecule has 8 aromatic carbocycles. The predicted molar refractivity (Wildman–Crippen MR) is 198 cm³/mol. The van der Waals surface area contributed by atoms with Crippen molar-refractivity contribution in [2.75, 3.05) is 0 Å². The summed E-state index contributed by atoms with van der Waals surface area (Å²) in [5, 5.41) is -1.90. The number of fused-ring (bicyclic) bond motifs is 3. The molecule has 0 N–H and O–H groups in total.